The van der Waals surface area contributed by atoms with E-state index in [1.165, 1.54) is 0 Å². The van der Waals surface area contributed by atoms with E-state index in [2.05, 4.69) is 38.3 Å². The molecule has 0 aromatic heterocycles. The van der Waals surface area contributed by atoms with Gasteiger partial charge in [0.15, 0.2) is 0 Å². The lowest BCUT2D eigenvalue weighted by Gasteiger charge is -2.33. The number of nitrogens with one attached hydrogen (secondary N) is 2. The molecule has 1 aliphatic heterocycles. The van der Waals surface area contributed by atoms with Gasteiger partial charge in [0.25, 0.3) is 5.91 Å². The summed E-state index contributed by atoms with van der Waals surface area (Å²) in [6.45, 7) is 13.5. The molecule has 3 rings (SSSR count). The highest BCUT2D eigenvalue weighted by Gasteiger charge is 2.42. The van der Waals surface area contributed by atoms with E-state index in [1.807, 2.05) is 43.0 Å². The molecule has 2 aromatic rings. The van der Waals surface area contributed by atoms with Crippen LogP contribution in [0.1, 0.15) is 88.0 Å². The van der Waals surface area contributed by atoms with Crippen molar-refractivity contribution in [2.24, 2.45) is 11.3 Å². The summed E-state index contributed by atoms with van der Waals surface area (Å²) < 4.78 is 0. The number of rotatable bonds is 8. The van der Waals surface area contributed by atoms with Crippen LogP contribution in [0, 0.1) is 11.3 Å². The molecule has 0 spiro atoms. The highest BCUT2D eigenvalue weighted by molar-refractivity contribution is 6.34. The third-order valence-electron chi connectivity index (χ3n) is 7.18. The smallest absolute Gasteiger partial charge is 0.251 e. The summed E-state index contributed by atoms with van der Waals surface area (Å²) in [7, 11) is 0. The molecule has 3 unspecified atom stereocenters. The number of nitrogens with zero attached hydrogens (tertiary/aromatic N) is 1. The number of hydrogen-bond acceptors (Lipinski definition) is 3. The minimum Gasteiger partial charge on any atom is -0.352 e. The highest BCUT2D eigenvalue weighted by Crippen LogP contribution is 2.37. The molecule has 4 atom stereocenters. The summed E-state index contributed by atoms with van der Waals surface area (Å²) in [6, 6.07) is 12.1. The zero-order valence-electron chi connectivity index (χ0n) is 21.5. The molecule has 1 saturated heterocycles. The van der Waals surface area contributed by atoms with Crippen molar-refractivity contribution in [1.82, 2.24) is 15.5 Å². The van der Waals surface area contributed by atoms with Gasteiger partial charge in [0.2, 0.25) is 5.91 Å². The standard InChI is InChI=1S/C28H37Cl2N3O2/c1-7-31-26(34)20-11-9-19(10-12-20)18(3)33-24(13-8-17(2)28(4,5)6)32-25(27(33)35)21-14-22(29)16-23(30)15-21/h9-12,14-18,24-25,32H,7-8,13H2,1-6H3,(H,31,34)/t17?,18-,24?,25?/m1/s1. The first-order chi connectivity index (χ1) is 16.4. The van der Waals surface area contributed by atoms with Crippen molar-refractivity contribution in [2.75, 3.05) is 6.54 Å². The fraction of sp³-hybridized carbons (Fsp3) is 0.500. The van der Waals surface area contributed by atoms with E-state index in [1.54, 1.807) is 18.2 Å². The summed E-state index contributed by atoms with van der Waals surface area (Å²) in [5, 5.41) is 7.39. The molecule has 0 bridgehead atoms. The Kier molecular flexibility index (Phi) is 8.90. The van der Waals surface area contributed by atoms with Gasteiger partial charge in [0, 0.05) is 22.2 Å². The fourth-order valence-electron chi connectivity index (χ4n) is 4.49. The molecule has 1 aliphatic rings. The van der Waals surface area contributed by atoms with Gasteiger partial charge in [0.1, 0.15) is 6.04 Å². The number of halogens is 2. The molecule has 1 heterocycles. The van der Waals surface area contributed by atoms with Gasteiger partial charge in [-0.25, -0.2) is 0 Å². The van der Waals surface area contributed by atoms with Crippen LogP contribution in [0.5, 0.6) is 0 Å². The molecule has 0 radical (unpaired) electrons. The molecule has 7 heteroatoms. The monoisotopic (exact) mass is 517 g/mol. The summed E-state index contributed by atoms with van der Waals surface area (Å²) in [5.74, 6) is 0.391. The van der Waals surface area contributed by atoms with E-state index in [4.69, 9.17) is 23.2 Å². The Morgan fingerprint density at radius 1 is 1.09 bits per heavy atom. The largest absolute Gasteiger partial charge is 0.352 e. The molecule has 0 saturated carbocycles. The summed E-state index contributed by atoms with van der Waals surface area (Å²) >= 11 is 12.5. The van der Waals surface area contributed by atoms with Crippen molar-refractivity contribution in [2.45, 2.75) is 72.6 Å². The van der Waals surface area contributed by atoms with Crippen molar-refractivity contribution in [3.63, 3.8) is 0 Å². The SMILES string of the molecule is CCNC(=O)c1ccc([C@@H](C)N2C(=O)C(c3cc(Cl)cc(Cl)c3)NC2CCC(C)C(C)(C)C)cc1. The van der Waals surface area contributed by atoms with Gasteiger partial charge in [0.05, 0.1) is 12.2 Å². The average molecular weight is 519 g/mol. The number of carbonyl (C=O) groups excluding carboxylic acids is 2. The molecule has 190 valence electrons. The van der Waals surface area contributed by atoms with Crippen LogP contribution in [0.3, 0.4) is 0 Å². The van der Waals surface area contributed by atoms with E-state index in [9.17, 15) is 9.59 Å². The van der Waals surface area contributed by atoms with E-state index >= 15 is 0 Å². The predicted molar refractivity (Wildman–Crippen MR) is 144 cm³/mol. The molecular formula is C28H37Cl2N3O2. The molecule has 5 nitrogen and oxygen atoms in total. The minimum atomic E-state index is -0.516. The maximum absolute atomic E-state index is 13.8. The van der Waals surface area contributed by atoms with Crippen molar-refractivity contribution in [3.8, 4) is 0 Å². The summed E-state index contributed by atoms with van der Waals surface area (Å²) in [6.07, 6.45) is 1.68. The van der Waals surface area contributed by atoms with Gasteiger partial charge < -0.3 is 10.2 Å². The Morgan fingerprint density at radius 3 is 2.23 bits per heavy atom. The second kappa shape index (κ2) is 11.3. The maximum Gasteiger partial charge on any atom is 0.251 e. The van der Waals surface area contributed by atoms with E-state index < -0.39 is 6.04 Å². The van der Waals surface area contributed by atoms with Gasteiger partial charge in [-0.15, -0.1) is 0 Å². The molecule has 35 heavy (non-hydrogen) atoms. The van der Waals surface area contributed by atoms with Crippen LogP contribution in [0.25, 0.3) is 0 Å². The number of amides is 2. The Bertz CT molecular complexity index is 1030. The average Bonchev–Trinajstić information content (AvgIpc) is 3.12. The quantitative estimate of drug-likeness (QED) is 0.406. The zero-order valence-corrected chi connectivity index (χ0v) is 23.0. The Balaban J connectivity index is 1.89. The molecule has 2 N–H and O–H groups in total. The zero-order chi connectivity index (χ0) is 25.9. The van der Waals surface area contributed by atoms with E-state index in [-0.39, 0.29) is 29.4 Å². The van der Waals surface area contributed by atoms with Gasteiger partial charge >= 0.3 is 0 Å². The topological polar surface area (TPSA) is 61.4 Å². The van der Waals surface area contributed by atoms with Crippen LogP contribution in [0.4, 0.5) is 0 Å². The second-order valence-electron chi connectivity index (χ2n) is 10.6. The molecule has 0 aliphatic carbocycles. The van der Waals surface area contributed by atoms with Crippen LogP contribution >= 0.6 is 23.2 Å². The van der Waals surface area contributed by atoms with E-state index in [0.29, 0.717) is 28.1 Å². The van der Waals surface area contributed by atoms with Crippen LogP contribution < -0.4 is 10.6 Å². The highest BCUT2D eigenvalue weighted by atomic mass is 35.5. The van der Waals surface area contributed by atoms with Crippen LogP contribution in [0.15, 0.2) is 42.5 Å². The first-order valence-electron chi connectivity index (χ1n) is 12.3. The summed E-state index contributed by atoms with van der Waals surface area (Å²) in [5.41, 5.74) is 2.54. The van der Waals surface area contributed by atoms with Gasteiger partial charge in [-0.2, -0.15) is 0 Å². The second-order valence-corrected chi connectivity index (χ2v) is 11.4. The Labute approximate surface area is 219 Å². The molecule has 2 amide bonds. The summed E-state index contributed by atoms with van der Waals surface area (Å²) in [4.78, 5) is 27.9. The third-order valence-corrected chi connectivity index (χ3v) is 7.61. The lowest BCUT2D eigenvalue weighted by Crippen LogP contribution is -2.39. The lowest BCUT2D eigenvalue weighted by atomic mass is 9.79. The molecule has 2 aromatic carbocycles. The van der Waals surface area contributed by atoms with Gasteiger partial charge in [-0.05, 0) is 79.5 Å². The lowest BCUT2D eigenvalue weighted by molar-refractivity contribution is -0.132. The van der Waals surface area contributed by atoms with E-state index in [0.717, 1.165) is 24.0 Å². The fourth-order valence-corrected chi connectivity index (χ4v) is 5.03. The Hall–Kier alpha value is -2.08. The maximum atomic E-state index is 13.8. The normalized spacial score (nSPS) is 20.1. The first-order valence-corrected chi connectivity index (χ1v) is 13.1. The third kappa shape index (κ3) is 6.58. The van der Waals surface area contributed by atoms with Crippen LogP contribution in [-0.4, -0.2) is 29.4 Å². The van der Waals surface area contributed by atoms with Crippen molar-refractivity contribution in [1.29, 1.82) is 0 Å². The minimum absolute atomic E-state index is 0.00273. The van der Waals surface area contributed by atoms with Gasteiger partial charge in [-0.1, -0.05) is 63.0 Å². The predicted octanol–water partition coefficient (Wildman–Crippen LogP) is 6.77. The van der Waals surface area contributed by atoms with Crippen molar-refractivity contribution < 1.29 is 9.59 Å². The van der Waals surface area contributed by atoms with Crippen LogP contribution in [-0.2, 0) is 4.79 Å². The number of carbonyl (C=O) groups is 2. The number of hydrogen-bond donors (Lipinski definition) is 2. The van der Waals surface area contributed by atoms with Crippen molar-refractivity contribution in [3.05, 3.63) is 69.2 Å². The first kappa shape index (κ1) is 27.5. The van der Waals surface area contributed by atoms with Gasteiger partial charge in [-0.3, -0.25) is 14.9 Å². The molecule has 1 fully saturated rings. The number of benzene rings is 2. The Morgan fingerprint density at radius 2 is 1.69 bits per heavy atom. The molecular weight excluding hydrogens is 481 g/mol. The van der Waals surface area contributed by atoms with Crippen molar-refractivity contribution >= 4 is 35.0 Å². The van der Waals surface area contributed by atoms with Crippen LogP contribution in [0.2, 0.25) is 10.0 Å².